The van der Waals surface area contributed by atoms with Crippen LogP contribution in [0.3, 0.4) is 0 Å². The molecule has 0 aromatic carbocycles. The number of carboxylic acid groups (broad SMARTS) is 1. The molecule has 1 N–H and O–H groups in total. The molecule has 4 heteroatoms. The second kappa shape index (κ2) is 4.14. The minimum atomic E-state index is -0.923. The lowest BCUT2D eigenvalue weighted by atomic mass is 10.1. The van der Waals surface area contributed by atoms with E-state index in [0.717, 1.165) is 0 Å². The molecule has 0 radical (unpaired) electrons. The highest BCUT2D eigenvalue weighted by Crippen LogP contribution is 2.21. The summed E-state index contributed by atoms with van der Waals surface area (Å²) in [7, 11) is 0. The molecule has 2 atom stereocenters. The van der Waals surface area contributed by atoms with E-state index in [1.54, 1.807) is 0 Å². The molecule has 14 heavy (non-hydrogen) atoms. The lowest BCUT2D eigenvalue weighted by Gasteiger charge is -2.21. The van der Waals surface area contributed by atoms with E-state index in [4.69, 9.17) is 11.5 Å². The summed E-state index contributed by atoms with van der Waals surface area (Å²) in [4.78, 5) is 23.6. The second-order valence-electron chi connectivity index (χ2n) is 3.38. The molecule has 1 amide bonds. The van der Waals surface area contributed by atoms with Gasteiger partial charge in [-0.1, -0.05) is 12.8 Å². The van der Waals surface area contributed by atoms with Gasteiger partial charge in [-0.15, -0.1) is 6.42 Å². The van der Waals surface area contributed by atoms with Crippen LogP contribution in [0.4, 0.5) is 0 Å². The number of carboxylic acids is 1. The minimum Gasteiger partial charge on any atom is -0.481 e. The Labute approximate surface area is 82.9 Å². The molecular formula is C10H13NO3. The maximum Gasteiger partial charge on any atom is 0.308 e. The van der Waals surface area contributed by atoms with E-state index < -0.39 is 11.9 Å². The maximum atomic E-state index is 11.4. The van der Waals surface area contributed by atoms with E-state index in [1.807, 2.05) is 6.92 Å². The first-order valence-electron chi connectivity index (χ1n) is 4.58. The van der Waals surface area contributed by atoms with E-state index >= 15 is 0 Å². The highest BCUT2D eigenvalue weighted by molar-refractivity contribution is 5.86. The Morgan fingerprint density at radius 1 is 1.86 bits per heavy atom. The van der Waals surface area contributed by atoms with Crippen LogP contribution in [-0.4, -0.2) is 34.5 Å². The van der Waals surface area contributed by atoms with Gasteiger partial charge in [0.25, 0.3) is 0 Å². The smallest absolute Gasteiger partial charge is 0.308 e. The van der Waals surface area contributed by atoms with Crippen molar-refractivity contribution in [3.8, 4) is 12.3 Å². The quantitative estimate of drug-likeness (QED) is 0.660. The molecule has 76 valence electrons. The monoisotopic (exact) mass is 195 g/mol. The van der Waals surface area contributed by atoms with E-state index in [9.17, 15) is 9.59 Å². The fourth-order valence-corrected chi connectivity index (χ4v) is 1.63. The van der Waals surface area contributed by atoms with Crippen LogP contribution in [0.2, 0.25) is 0 Å². The molecule has 0 spiro atoms. The summed E-state index contributed by atoms with van der Waals surface area (Å²) in [6.45, 7) is 2.13. The Bertz CT molecular complexity index is 292. The molecule has 1 aliphatic heterocycles. The van der Waals surface area contributed by atoms with E-state index in [1.165, 1.54) is 4.90 Å². The van der Waals surface area contributed by atoms with Crippen molar-refractivity contribution >= 4 is 11.9 Å². The molecule has 1 rings (SSSR count). The second-order valence-corrected chi connectivity index (χ2v) is 3.38. The Hall–Kier alpha value is -1.50. The number of hydrogen-bond donors (Lipinski definition) is 1. The summed E-state index contributed by atoms with van der Waals surface area (Å²) >= 11 is 0. The summed E-state index contributed by atoms with van der Waals surface area (Å²) in [6, 6.07) is -0.258. The molecule has 4 nitrogen and oxygen atoms in total. The van der Waals surface area contributed by atoms with Crippen molar-refractivity contribution in [2.45, 2.75) is 25.8 Å². The SMILES string of the molecule is C#CC(CC)N1CC(C(=O)O)CC1=O. The first-order valence-corrected chi connectivity index (χ1v) is 4.58. The molecule has 0 bridgehead atoms. The summed E-state index contributed by atoms with van der Waals surface area (Å²) in [5.41, 5.74) is 0. The van der Waals surface area contributed by atoms with Gasteiger partial charge in [0.2, 0.25) is 5.91 Å². The van der Waals surface area contributed by atoms with Crippen LogP contribution in [0.5, 0.6) is 0 Å². The molecule has 0 saturated carbocycles. The van der Waals surface area contributed by atoms with E-state index in [-0.39, 0.29) is 24.9 Å². The summed E-state index contributed by atoms with van der Waals surface area (Å²) < 4.78 is 0. The van der Waals surface area contributed by atoms with Crippen molar-refractivity contribution < 1.29 is 14.7 Å². The third kappa shape index (κ3) is 1.87. The maximum absolute atomic E-state index is 11.4. The molecule has 1 fully saturated rings. The number of terminal acetylenes is 1. The Morgan fingerprint density at radius 3 is 2.86 bits per heavy atom. The zero-order chi connectivity index (χ0) is 10.7. The van der Waals surface area contributed by atoms with Crippen LogP contribution in [0.15, 0.2) is 0 Å². The highest BCUT2D eigenvalue weighted by Gasteiger charge is 2.36. The first-order chi connectivity index (χ1) is 6.60. The highest BCUT2D eigenvalue weighted by atomic mass is 16.4. The molecule has 0 aliphatic carbocycles. The summed E-state index contributed by atoms with van der Waals surface area (Å²) in [5.74, 6) is 0.829. The van der Waals surface area contributed by atoms with Gasteiger partial charge in [-0.05, 0) is 6.42 Å². The zero-order valence-electron chi connectivity index (χ0n) is 8.06. The van der Waals surface area contributed by atoms with Crippen molar-refractivity contribution in [3.05, 3.63) is 0 Å². The van der Waals surface area contributed by atoms with Gasteiger partial charge in [0, 0.05) is 13.0 Å². The Kier molecular flexibility index (Phi) is 3.13. The number of aliphatic carboxylic acids is 1. The first kappa shape index (κ1) is 10.6. The molecule has 1 saturated heterocycles. The number of rotatable bonds is 3. The van der Waals surface area contributed by atoms with Crippen molar-refractivity contribution in [2.75, 3.05) is 6.54 Å². The van der Waals surface area contributed by atoms with Crippen molar-refractivity contribution in [1.29, 1.82) is 0 Å². The molecular weight excluding hydrogens is 182 g/mol. The fourth-order valence-electron chi connectivity index (χ4n) is 1.63. The van der Waals surface area contributed by atoms with Gasteiger partial charge in [-0.2, -0.15) is 0 Å². The number of nitrogens with zero attached hydrogens (tertiary/aromatic N) is 1. The van der Waals surface area contributed by atoms with Gasteiger partial charge >= 0.3 is 5.97 Å². The molecule has 0 aromatic rings. The Balaban J connectivity index is 2.70. The number of carbonyl (C=O) groups is 2. The summed E-state index contributed by atoms with van der Waals surface area (Å²) in [5, 5.41) is 8.75. The van der Waals surface area contributed by atoms with Crippen molar-refractivity contribution in [3.63, 3.8) is 0 Å². The normalized spacial score (nSPS) is 23.3. The average molecular weight is 195 g/mol. The Morgan fingerprint density at radius 2 is 2.50 bits per heavy atom. The third-order valence-corrected chi connectivity index (χ3v) is 2.46. The van der Waals surface area contributed by atoms with Crippen molar-refractivity contribution in [2.24, 2.45) is 5.92 Å². The number of carbonyl (C=O) groups excluding carboxylic acids is 1. The predicted molar refractivity (Wildman–Crippen MR) is 50.4 cm³/mol. The van der Waals surface area contributed by atoms with Crippen LogP contribution in [0.25, 0.3) is 0 Å². The van der Waals surface area contributed by atoms with Gasteiger partial charge in [-0.3, -0.25) is 9.59 Å². The molecule has 0 aromatic heterocycles. The zero-order valence-corrected chi connectivity index (χ0v) is 8.06. The van der Waals surface area contributed by atoms with Crippen LogP contribution in [-0.2, 0) is 9.59 Å². The minimum absolute atomic E-state index is 0.0769. The molecule has 2 unspecified atom stereocenters. The standard InChI is InChI=1S/C10H13NO3/c1-3-8(4-2)11-6-7(10(13)14)5-9(11)12/h1,7-8H,4-6H2,2H3,(H,13,14). The van der Waals surface area contributed by atoms with Gasteiger partial charge in [0.05, 0.1) is 12.0 Å². The van der Waals surface area contributed by atoms with Crippen LogP contribution < -0.4 is 0 Å². The lowest BCUT2D eigenvalue weighted by molar-refractivity contribution is -0.141. The lowest BCUT2D eigenvalue weighted by Crippen LogP contribution is -2.35. The van der Waals surface area contributed by atoms with E-state index in [0.29, 0.717) is 6.42 Å². The van der Waals surface area contributed by atoms with Crippen LogP contribution >= 0.6 is 0 Å². The van der Waals surface area contributed by atoms with Gasteiger partial charge in [0.1, 0.15) is 0 Å². The van der Waals surface area contributed by atoms with Gasteiger partial charge in [-0.25, -0.2) is 0 Å². The van der Waals surface area contributed by atoms with Crippen molar-refractivity contribution in [1.82, 2.24) is 4.90 Å². The van der Waals surface area contributed by atoms with Crippen LogP contribution in [0, 0.1) is 18.3 Å². The average Bonchev–Trinajstić information content (AvgIpc) is 2.51. The molecule has 1 aliphatic rings. The van der Waals surface area contributed by atoms with Crippen LogP contribution in [0.1, 0.15) is 19.8 Å². The fraction of sp³-hybridized carbons (Fsp3) is 0.600. The number of amides is 1. The number of hydrogen-bond acceptors (Lipinski definition) is 2. The van der Waals surface area contributed by atoms with E-state index in [2.05, 4.69) is 5.92 Å². The van der Waals surface area contributed by atoms with Gasteiger partial charge in [0.15, 0.2) is 0 Å². The topological polar surface area (TPSA) is 57.6 Å². The number of likely N-dealkylation sites (tertiary alicyclic amines) is 1. The largest absolute Gasteiger partial charge is 0.481 e. The predicted octanol–water partition coefficient (Wildman–Crippen LogP) is 0.331. The summed E-state index contributed by atoms with van der Waals surface area (Å²) in [6.07, 6.45) is 5.99. The third-order valence-electron chi connectivity index (χ3n) is 2.46. The van der Waals surface area contributed by atoms with Gasteiger partial charge < -0.3 is 10.0 Å². The molecule has 1 heterocycles.